The minimum Gasteiger partial charge on any atom is -0.496 e. The van der Waals surface area contributed by atoms with E-state index in [1.54, 1.807) is 11.0 Å². The van der Waals surface area contributed by atoms with Crippen LogP contribution in [0.5, 0.6) is 5.75 Å². The van der Waals surface area contributed by atoms with Crippen LogP contribution in [-0.4, -0.2) is 56.3 Å². The van der Waals surface area contributed by atoms with Crippen molar-refractivity contribution in [3.63, 3.8) is 0 Å². The summed E-state index contributed by atoms with van der Waals surface area (Å²) in [6.07, 6.45) is 14.5. The molecule has 0 unspecified atom stereocenters. The standard InChI is InChI=1S/C23H32N2O4S/c1-3-15-25(19-11-7-6-8-12-19)23(26)21-18-20(13-14-22(21)29-2)30(27,28)24-16-9-4-5-10-17-24/h1,13-14,18-19H,4-12,15-17H2,2H3. The molecule has 0 radical (unpaired) electrons. The number of methoxy groups -OCH3 is 1. The van der Waals surface area contributed by atoms with Gasteiger partial charge in [-0.15, -0.1) is 6.42 Å². The zero-order chi connectivity index (χ0) is 21.6. The van der Waals surface area contributed by atoms with E-state index in [-0.39, 0.29) is 29.0 Å². The first-order valence-corrected chi connectivity index (χ1v) is 12.4. The Kier molecular flexibility index (Phi) is 7.79. The highest BCUT2D eigenvalue weighted by Crippen LogP contribution is 2.30. The van der Waals surface area contributed by atoms with Gasteiger partial charge in [0.15, 0.2) is 0 Å². The third kappa shape index (κ3) is 4.98. The van der Waals surface area contributed by atoms with Crippen molar-refractivity contribution in [1.82, 2.24) is 9.21 Å². The molecule has 1 amide bonds. The average molecular weight is 433 g/mol. The molecule has 6 nitrogen and oxygen atoms in total. The minimum atomic E-state index is -3.66. The van der Waals surface area contributed by atoms with Gasteiger partial charge in [-0.05, 0) is 43.9 Å². The van der Waals surface area contributed by atoms with Crippen molar-refractivity contribution < 1.29 is 17.9 Å². The van der Waals surface area contributed by atoms with Crippen LogP contribution in [0.3, 0.4) is 0 Å². The molecule has 7 heteroatoms. The second kappa shape index (κ2) is 10.3. The van der Waals surface area contributed by atoms with Gasteiger partial charge in [-0.25, -0.2) is 8.42 Å². The first-order valence-electron chi connectivity index (χ1n) is 10.9. The smallest absolute Gasteiger partial charge is 0.258 e. The van der Waals surface area contributed by atoms with Gasteiger partial charge in [-0.3, -0.25) is 4.79 Å². The molecule has 1 aliphatic heterocycles. The largest absolute Gasteiger partial charge is 0.496 e. The number of ether oxygens (including phenoxy) is 1. The number of sulfonamides is 1. The lowest BCUT2D eigenvalue weighted by Gasteiger charge is -2.33. The van der Waals surface area contributed by atoms with Crippen LogP contribution in [0.4, 0.5) is 0 Å². The van der Waals surface area contributed by atoms with Gasteiger partial charge in [-0.1, -0.05) is 38.0 Å². The third-order valence-corrected chi connectivity index (χ3v) is 8.04. The molecular weight excluding hydrogens is 400 g/mol. The number of terminal acetylenes is 1. The molecule has 1 aromatic carbocycles. The molecule has 2 aliphatic rings. The van der Waals surface area contributed by atoms with Crippen molar-refractivity contribution in [2.75, 3.05) is 26.7 Å². The van der Waals surface area contributed by atoms with Crippen molar-refractivity contribution in [2.24, 2.45) is 0 Å². The predicted octanol–water partition coefficient (Wildman–Crippen LogP) is 3.67. The van der Waals surface area contributed by atoms with Gasteiger partial charge in [0.25, 0.3) is 5.91 Å². The molecule has 3 rings (SSSR count). The average Bonchev–Trinajstić information content (AvgIpc) is 3.07. The maximum atomic E-state index is 13.5. The molecule has 2 fully saturated rings. The van der Waals surface area contributed by atoms with Crippen LogP contribution in [0, 0.1) is 12.3 Å². The van der Waals surface area contributed by atoms with E-state index in [0.29, 0.717) is 18.8 Å². The summed E-state index contributed by atoms with van der Waals surface area (Å²) >= 11 is 0. The van der Waals surface area contributed by atoms with Crippen LogP contribution in [-0.2, 0) is 10.0 Å². The van der Waals surface area contributed by atoms with Crippen LogP contribution >= 0.6 is 0 Å². The highest BCUT2D eigenvalue weighted by Gasteiger charge is 2.30. The Balaban J connectivity index is 1.95. The molecule has 164 valence electrons. The quantitative estimate of drug-likeness (QED) is 0.644. The summed E-state index contributed by atoms with van der Waals surface area (Å²) in [5, 5.41) is 0. The summed E-state index contributed by atoms with van der Waals surface area (Å²) in [7, 11) is -2.18. The van der Waals surface area contributed by atoms with Gasteiger partial charge >= 0.3 is 0 Å². The van der Waals surface area contributed by atoms with E-state index in [2.05, 4.69) is 5.92 Å². The Hall–Kier alpha value is -2.04. The van der Waals surface area contributed by atoms with Crippen LogP contribution in [0.15, 0.2) is 23.1 Å². The summed E-state index contributed by atoms with van der Waals surface area (Å²) in [4.78, 5) is 15.3. The second-order valence-corrected chi connectivity index (χ2v) is 10.0. The fraction of sp³-hybridized carbons (Fsp3) is 0.609. The van der Waals surface area contributed by atoms with Gasteiger partial charge < -0.3 is 9.64 Å². The maximum Gasteiger partial charge on any atom is 0.258 e. The van der Waals surface area contributed by atoms with Crippen LogP contribution in [0.1, 0.15) is 68.1 Å². The van der Waals surface area contributed by atoms with Gasteiger partial charge in [-0.2, -0.15) is 4.31 Å². The summed E-state index contributed by atoms with van der Waals surface area (Å²) in [5.41, 5.74) is 0.259. The van der Waals surface area contributed by atoms with Crippen molar-refractivity contribution in [3.05, 3.63) is 23.8 Å². The lowest BCUT2D eigenvalue weighted by Crippen LogP contribution is -2.42. The number of amides is 1. The number of hydrogen-bond acceptors (Lipinski definition) is 4. The fourth-order valence-corrected chi connectivity index (χ4v) is 6.00. The lowest BCUT2D eigenvalue weighted by molar-refractivity contribution is 0.0664. The molecule has 0 atom stereocenters. The van der Waals surface area contributed by atoms with Gasteiger partial charge in [0.1, 0.15) is 5.75 Å². The molecule has 1 heterocycles. The van der Waals surface area contributed by atoms with Crippen LogP contribution in [0.25, 0.3) is 0 Å². The van der Waals surface area contributed by atoms with Gasteiger partial charge in [0.2, 0.25) is 10.0 Å². The first kappa shape index (κ1) is 22.6. The predicted molar refractivity (Wildman–Crippen MR) is 117 cm³/mol. The highest BCUT2D eigenvalue weighted by atomic mass is 32.2. The van der Waals surface area contributed by atoms with Crippen molar-refractivity contribution >= 4 is 15.9 Å². The molecule has 30 heavy (non-hydrogen) atoms. The monoisotopic (exact) mass is 432 g/mol. The fourth-order valence-electron chi connectivity index (χ4n) is 4.46. The Morgan fingerprint density at radius 3 is 2.37 bits per heavy atom. The molecule has 1 aliphatic carbocycles. The van der Waals surface area contributed by atoms with Crippen LogP contribution in [0.2, 0.25) is 0 Å². The Labute approximate surface area is 180 Å². The number of hydrogen-bond donors (Lipinski definition) is 0. The minimum absolute atomic E-state index is 0.0814. The summed E-state index contributed by atoms with van der Waals surface area (Å²) in [6.45, 7) is 1.24. The molecule has 0 aromatic heterocycles. The van der Waals surface area contributed by atoms with Gasteiger partial charge in [0.05, 0.1) is 24.1 Å². The zero-order valence-corrected chi connectivity index (χ0v) is 18.6. The number of carbonyl (C=O) groups is 1. The second-order valence-electron chi connectivity index (χ2n) is 8.11. The Morgan fingerprint density at radius 2 is 1.77 bits per heavy atom. The molecule has 0 N–H and O–H groups in total. The van der Waals surface area contributed by atoms with E-state index >= 15 is 0 Å². The topological polar surface area (TPSA) is 66.9 Å². The van der Waals surface area contributed by atoms with Crippen molar-refractivity contribution in [2.45, 2.75) is 68.7 Å². The zero-order valence-electron chi connectivity index (χ0n) is 17.8. The third-order valence-electron chi connectivity index (χ3n) is 6.14. The number of nitrogens with zero attached hydrogens (tertiary/aromatic N) is 2. The van der Waals surface area contributed by atoms with Crippen molar-refractivity contribution in [3.8, 4) is 18.1 Å². The highest BCUT2D eigenvalue weighted by molar-refractivity contribution is 7.89. The van der Waals surface area contributed by atoms with E-state index in [1.807, 2.05) is 0 Å². The van der Waals surface area contributed by atoms with Gasteiger partial charge in [0, 0.05) is 19.1 Å². The number of rotatable bonds is 6. The first-order chi connectivity index (χ1) is 14.5. The Morgan fingerprint density at radius 1 is 1.13 bits per heavy atom. The molecule has 0 bridgehead atoms. The molecular formula is C23H32N2O4S. The summed E-state index contributed by atoms with van der Waals surface area (Å²) < 4.78 is 33.4. The molecule has 1 aromatic rings. The van der Waals surface area contributed by atoms with Crippen LogP contribution < -0.4 is 4.74 Å². The Bertz CT molecular complexity index is 877. The SMILES string of the molecule is C#CCN(C(=O)c1cc(S(=O)(=O)N2CCCCCC2)ccc1OC)C1CCCCC1. The number of carbonyl (C=O) groups excluding carboxylic acids is 1. The van der Waals surface area contributed by atoms with E-state index in [0.717, 1.165) is 51.4 Å². The van der Waals surface area contributed by atoms with E-state index in [1.165, 1.54) is 30.0 Å². The molecule has 0 spiro atoms. The lowest BCUT2D eigenvalue weighted by atomic mass is 9.93. The van der Waals surface area contributed by atoms with E-state index < -0.39 is 10.0 Å². The summed E-state index contributed by atoms with van der Waals surface area (Å²) in [5.74, 6) is 2.70. The van der Waals surface area contributed by atoms with E-state index in [4.69, 9.17) is 11.2 Å². The van der Waals surface area contributed by atoms with E-state index in [9.17, 15) is 13.2 Å². The molecule has 1 saturated carbocycles. The number of benzene rings is 1. The summed E-state index contributed by atoms with van der Waals surface area (Å²) in [6, 6.07) is 4.65. The molecule has 1 saturated heterocycles. The normalized spacial score (nSPS) is 18.9. The maximum absolute atomic E-state index is 13.5. The van der Waals surface area contributed by atoms with Crippen molar-refractivity contribution in [1.29, 1.82) is 0 Å².